The number of hydrogen-bond acceptors (Lipinski definition) is 3. The standard InChI is InChI=1S/C30H22IN3/c1-30(2)25-11-7-6-10-23(25)24-17-16-22(18-26(24)30)28-32-27(33-29(31)34-28)21-14-12-20(13-15-21)19-8-4-3-5-9-19/h3-18H,1-2H3. The number of benzene rings is 4. The fraction of sp³-hybridized carbons (Fsp3) is 0.100. The average molecular weight is 551 g/mol. The maximum atomic E-state index is 4.87. The summed E-state index contributed by atoms with van der Waals surface area (Å²) in [7, 11) is 0. The molecule has 0 aliphatic heterocycles. The van der Waals surface area contributed by atoms with Crippen LogP contribution in [-0.2, 0) is 5.41 Å². The summed E-state index contributed by atoms with van der Waals surface area (Å²) in [5.74, 6) is 1.40. The third-order valence-electron chi connectivity index (χ3n) is 6.70. The maximum Gasteiger partial charge on any atom is 0.194 e. The van der Waals surface area contributed by atoms with E-state index in [9.17, 15) is 0 Å². The molecule has 0 saturated heterocycles. The molecule has 4 aromatic carbocycles. The van der Waals surface area contributed by atoms with Gasteiger partial charge in [0, 0.05) is 39.1 Å². The highest BCUT2D eigenvalue weighted by atomic mass is 127. The molecule has 0 fully saturated rings. The molecule has 0 saturated carbocycles. The van der Waals surface area contributed by atoms with Crippen LogP contribution < -0.4 is 0 Å². The molecule has 4 heteroatoms. The highest BCUT2D eigenvalue weighted by Crippen LogP contribution is 2.49. The first-order chi connectivity index (χ1) is 16.5. The predicted octanol–water partition coefficient (Wildman–Crippen LogP) is 7.78. The lowest BCUT2D eigenvalue weighted by molar-refractivity contribution is 0.660. The summed E-state index contributed by atoms with van der Waals surface area (Å²) in [5, 5.41) is 0. The molecule has 164 valence electrons. The van der Waals surface area contributed by atoms with Gasteiger partial charge in [-0.1, -0.05) is 105 Å². The Balaban J connectivity index is 1.39. The smallest absolute Gasteiger partial charge is 0.194 e. The topological polar surface area (TPSA) is 38.7 Å². The lowest BCUT2D eigenvalue weighted by Gasteiger charge is -2.21. The number of fused-ring (bicyclic) bond motifs is 3. The molecule has 1 aromatic heterocycles. The minimum absolute atomic E-state index is 0.0573. The molecule has 0 N–H and O–H groups in total. The van der Waals surface area contributed by atoms with Crippen LogP contribution in [-0.4, -0.2) is 15.0 Å². The number of halogens is 1. The Morgan fingerprint density at radius 3 is 1.85 bits per heavy atom. The summed E-state index contributed by atoms with van der Waals surface area (Å²) in [6.45, 7) is 4.58. The van der Waals surface area contributed by atoms with Crippen molar-refractivity contribution in [2.75, 3.05) is 0 Å². The van der Waals surface area contributed by atoms with Gasteiger partial charge in [-0.3, -0.25) is 0 Å². The lowest BCUT2D eigenvalue weighted by Crippen LogP contribution is -2.15. The molecule has 0 radical (unpaired) electrons. The van der Waals surface area contributed by atoms with Crippen LogP contribution in [0.3, 0.4) is 0 Å². The van der Waals surface area contributed by atoms with Gasteiger partial charge < -0.3 is 0 Å². The van der Waals surface area contributed by atoms with Crippen LogP contribution in [0, 0.1) is 3.83 Å². The van der Waals surface area contributed by atoms with Gasteiger partial charge in [-0.2, -0.15) is 0 Å². The molecule has 0 atom stereocenters. The van der Waals surface area contributed by atoms with Crippen molar-refractivity contribution in [3.63, 3.8) is 0 Å². The van der Waals surface area contributed by atoms with E-state index in [4.69, 9.17) is 4.98 Å². The molecule has 34 heavy (non-hydrogen) atoms. The van der Waals surface area contributed by atoms with Crippen LogP contribution in [0.4, 0.5) is 0 Å². The van der Waals surface area contributed by atoms with Crippen molar-refractivity contribution < 1.29 is 0 Å². The van der Waals surface area contributed by atoms with Gasteiger partial charge in [0.05, 0.1) is 0 Å². The second-order valence-corrected chi connectivity index (χ2v) is 10.1. The first kappa shape index (κ1) is 21.2. The molecular formula is C30H22IN3. The first-order valence-corrected chi connectivity index (χ1v) is 12.4. The van der Waals surface area contributed by atoms with Crippen molar-refractivity contribution in [2.45, 2.75) is 19.3 Å². The molecule has 1 aliphatic carbocycles. The molecule has 6 rings (SSSR count). The fourth-order valence-corrected chi connectivity index (χ4v) is 5.35. The zero-order valence-corrected chi connectivity index (χ0v) is 21.1. The number of rotatable bonds is 3. The van der Waals surface area contributed by atoms with E-state index in [1.807, 2.05) is 6.07 Å². The Morgan fingerprint density at radius 2 is 1.09 bits per heavy atom. The van der Waals surface area contributed by atoms with Gasteiger partial charge in [0.1, 0.15) is 0 Å². The third kappa shape index (κ3) is 3.53. The van der Waals surface area contributed by atoms with Crippen molar-refractivity contribution in [2.24, 2.45) is 0 Å². The van der Waals surface area contributed by atoms with Gasteiger partial charge in [0.25, 0.3) is 0 Å². The molecule has 0 unspecified atom stereocenters. The zero-order chi connectivity index (χ0) is 23.3. The Kier molecular flexibility index (Phi) is 5.06. The largest absolute Gasteiger partial charge is 0.208 e. The van der Waals surface area contributed by atoms with Crippen molar-refractivity contribution in [3.8, 4) is 45.0 Å². The second-order valence-electron chi connectivity index (χ2n) is 9.13. The summed E-state index contributed by atoms with van der Waals surface area (Å²) in [4.78, 5) is 14.2. The molecular weight excluding hydrogens is 529 g/mol. The molecule has 0 spiro atoms. The van der Waals surface area contributed by atoms with E-state index in [0.29, 0.717) is 15.5 Å². The van der Waals surface area contributed by atoms with Crippen LogP contribution in [0.25, 0.3) is 45.0 Å². The highest BCUT2D eigenvalue weighted by Gasteiger charge is 2.35. The molecule has 1 heterocycles. The van der Waals surface area contributed by atoms with Gasteiger partial charge in [0.2, 0.25) is 0 Å². The minimum atomic E-state index is -0.0573. The summed E-state index contributed by atoms with van der Waals surface area (Å²) < 4.78 is 0.688. The van der Waals surface area contributed by atoms with E-state index < -0.39 is 0 Å². The third-order valence-corrected chi connectivity index (χ3v) is 7.18. The quantitative estimate of drug-likeness (QED) is 0.215. The van der Waals surface area contributed by atoms with Gasteiger partial charge >= 0.3 is 0 Å². The minimum Gasteiger partial charge on any atom is -0.208 e. The van der Waals surface area contributed by atoms with Crippen LogP contribution >= 0.6 is 22.6 Å². The predicted molar refractivity (Wildman–Crippen MR) is 146 cm³/mol. The van der Waals surface area contributed by atoms with Crippen LogP contribution in [0.5, 0.6) is 0 Å². The Morgan fingerprint density at radius 1 is 0.529 bits per heavy atom. The molecule has 0 bridgehead atoms. The first-order valence-electron chi connectivity index (χ1n) is 11.3. The number of nitrogens with zero attached hydrogens (tertiary/aromatic N) is 3. The van der Waals surface area contributed by atoms with E-state index in [1.54, 1.807) is 0 Å². The van der Waals surface area contributed by atoms with Crippen LogP contribution in [0.1, 0.15) is 25.0 Å². The summed E-state index contributed by atoms with van der Waals surface area (Å²) in [5.41, 5.74) is 9.61. The van der Waals surface area contributed by atoms with E-state index in [-0.39, 0.29) is 5.41 Å². The Hall–Kier alpha value is -3.38. The van der Waals surface area contributed by atoms with Gasteiger partial charge in [-0.25, -0.2) is 15.0 Å². The number of aromatic nitrogens is 3. The van der Waals surface area contributed by atoms with Crippen molar-refractivity contribution in [1.82, 2.24) is 15.0 Å². The van der Waals surface area contributed by atoms with E-state index in [1.165, 1.54) is 33.4 Å². The number of hydrogen-bond donors (Lipinski definition) is 0. The SMILES string of the molecule is CC1(C)c2ccccc2-c2ccc(-c3nc(I)nc(-c4ccc(-c5ccccc5)cc4)n3)cc21. The van der Waals surface area contributed by atoms with Crippen molar-refractivity contribution >= 4 is 22.6 Å². The molecule has 3 nitrogen and oxygen atoms in total. The van der Waals surface area contributed by atoms with E-state index in [0.717, 1.165) is 11.1 Å². The van der Waals surface area contributed by atoms with Crippen LogP contribution in [0.15, 0.2) is 97.1 Å². The average Bonchev–Trinajstić information content (AvgIpc) is 3.11. The Bertz CT molecular complexity index is 1520. The van der Waals surface area contributed by atoms with Crippen LogP contribution in [0.2, 0.25) is 0 Å². The van der Waals surface area contributed by atoms with E-state index in [2.05, 4.69) is 137 Å². The van der Waals surface area contributed by atoms with Crippen molar-refractivity contribution in [3.05, 3.63) is 112 Å². The van der Waals surface area contributed by atoms with Gasteiger partial charge in [0.15, 0.2) is 15.5 Å². The summed E-state index contributed by atoms with van der Waals surface area (Å²) in [6.07, 6.45) is 0. The van der Waals surface area contributed by atoms with Gasteiger partial charge in [-0.05, 0) is 39.4 Å². The maximum absolute atomic E-state index is 4.87. The summed E-state index contributed by atoms with van der Waals surface area (Å²) >= 11 is 2.18. The second kappa shape index (κ2) is 8.13. The molecule has 5 aromatic rings. The van der Waals surface area contributed by atoms with E-state index >= 15 is 0 Å². The molecule has 0 amide bonds. The highest BCUT2D eigenvalue weighted by molar-refractivity contribution is 14.1. The summed E-state index contributed by atoms with van der Waals surface area (Å²) in [6, 6.07) is 34.1. The van der Waals surface area contributed by atoms with Crippen molar-refractivity contribution in [1.29, 1.82) is 0 Å². The monoisotopic (exact) mass is 551 g/mol. The fourth-order valence-electron chi connectivity index (χ4n) is 4.89. The van der Waals surface area contributed by atoms with Gasteiger partial charge in [-0.15, -0.1) is 0 Å². The lowest BCUT2D eigenvalue weighted by atomic mass is 9.82. The normalized spacial score (nSPS) is 13.4. The Labute approximate surface area is 213 Å². The zero-order valence-electron chi connectivity index (χ0n) is 19.0. The molecule has 1 aliphatic rings.